The van der Waals surface area contributed by atoms with Gasteiger partial charge >= 0.3 is 0 Å². The van der Waals surface area contributed by atoms with E-state index in [1.165, 1.54) is 10.4 Å². The highest BCUT2D eigenvalue weighted by Crippen LogP contribution is 2.40. The molecular weight excluding hydrogens is 272 g/mol. The number of hydrogen-bond donors (Lipinski definition) is 1. The van der Waals surface area contributed by atoms with Crippen LogP contribution in [0.4, 0.5) is 0 Å². The molecule has 2 aromatic rings. The van der Waals surface area contributed by atoms with Gasteiger partial charge in [-0.1, -0.05) is 18.2 Å². The molecule has 1 aliphatic rings. The van der Waals surface area contributed by atoms with Gasteiger partial charge in [0.2, 0.25) is 0 Å². The number of fused-ring (bicyclic) bond motifs is 1. The third-order valence-electron chi connectivity index (χ3n) is 3.41. The Morgan fingerprint density at radius 3 is 3.10 bits per heavy atom. The van der Waals surface area contributed by atoms with Crippen molar-refractivity contribution in [1.29, 1.82) is 0 Å². The van der Waals surface area contributed by atoms with Gasteiger partial charge in [-0.3, -0.25) is 0 Å². The van der Waals surface area contributed by atoms with Gasteiger partial charge in [0, 0.05) is 24.1 Å². The van der Waals surface area contributed by atoms with E-state index in [2.05, 4.69) is 17.4 Å². The molecule has 5 heteroatoms. The van der Waals surface area contributed by atoms with Gasteiger partial charge in [0.15, 0.2) is 0 Å². The van der Waals surface area contributed by atoms with Gasteiger partial charge in [0.05, 0.1) is 18.2 Å². The zero-order chi connectivity index (χ0) is 13.9. The third-order valence-corrected chi connectivity index (χ3v) is 4.62. The first-order chi connectivity index (χ1) is 9.83. The molecule has 0 radical (unpaired) electrons. The van der Waals surface area contributed by atoms with E-state index in [4.69, 9.17) is 14.5 Å². The number of para-hydroxylation sites is 1. The predicted molar refractivity (Wildman–Crippen MR) is 79.4 cm³/mol. The Hall–Kier alpha value is -1.43. The largest absolute Gasteiger partial charge is 0.492 e. The van der Waals surface area contributed by atoms with E-state index in [9.17, 15) is 0 Å². The van der Waals surface area contributed by atoms with Crippen molar-refractivity contribution in [1.82, 2.24) is 10.3 Å². The van der Waals surface area contributed by atoms with E-state index in [-0.39, 0.29) is 5.92 Å². The highest BCUT2D eigenvalue weighted by Gasteiger charge is 2.28. The van der Waals surface area contributed by atoms with E-state index in [0.717, 1.165) is 23.0 Å². The average molecular weight is 290 g/mol. The molecule has 1 unspecified atom stereocenters. The van der Waals surface area contributed by atoms with Gasteiger partial charge < -0.3 is 14.8 Å². The summed E-state index contributed by atoms with van der Waals surface area (Å²) >= 11 is 1.75. The fourth-order valence-electron chi connectivity index (χ4n) is 2.47. The molecule has 0 spiro atoms. The fraction of sp³-hybridized carbons (Fsp3) is 0.400. The van der Waals surface area contributed by atoms with E-state index < -0.39 is 0 Å². The van der Waals surface area contributed by atoms with Gasteiger partial charge in [0.1, 0.15) is 17.4 Å². The Kier molecular flexibility index (Phi) is 4.00. The van der Waals surface area contributed by atoms with Crippen LogP contribution in [0.3, 0.4) is 0 Å². The molecule has 1 aromatic heterocycles. The first kappa shape index (κ1) is 13.5. The van der Waals surface area contributed by atoms with E-state index in [1.54, 1.807) is 18.4 Å². The number of aromatic nitrogens is 1. The molecule has 106 valence electrons. The quantitative estimate of drug-likeness (QED) is 0.919. The SMILES string of the molecule is CNCc1sc(C2COc3ccccc32)nc1COC. The molecule has 0 aliphatic carbocycles. The first-order valence-electron chi connectivity index (χ1n) is 6.67. The molecular formula is C15H18N2O2S. The van der Waals surface area contributed by atoms with Gasteiger partial charge in [-0.2, -0.15) is 0 Å². The van der Waals surface area contributed by atoms with Crippen molar-refractivity contribution in [2.24, 2.45) is 0 Å². The lowest BCUT2D eigenvalue weighted by molar-refractivity contribution is 0.181. The van der Waals surface area contributed by atoms with Crippen LogP contribution in [0, 0.1) is 0 Å². The summed E-state index contributed by atoms with van der Waals surface area (Å²) in [6.07, 6.45) is 0. The number of methoxy groups -OCH3 is 1. The van der Waals surface area contributed by atoms with Crippen molar-refractivity contribution in [3.05, 3.63) is 45.4 Å². The van der Waals surface area contributed by atoms with Gasteiger partial charge in [0.25, 0.3) is 0 Å². The van der Waals surface area contributed by atoms with Crippen LogP contribution in [-0.2, 0) is 17.9 Å². The number of nitrogens with one attached hydrogen (secondary N) is 1. The van der Waals surface area contributed by atoms with E-state index in [1.807, 2.05) is 19.2 Å². The van der Waals surface area contributed by atoms with Crippen LogP contribution in [0.2, 0.25) is 0 Å². The fourth-order valence-corrected chi connectivity index (χ4v) is 3.65. The topological polar surface area (TPSA) is 43.4 Å². The van der Waals surface area contributed by atoms with Crippen LogP contribution < -0.4 is 10.1 Å². The predicted octanol–water partition coefficient (Wildman–Crippen LogP) is 2.53. The molecule has 2 heterocycles. The van der Waals surface area contributed by atoms with Crippen molar-refractivity contribution >= 4 is 11.3 Å². The van der Waals surface area contributed by atoms with Gasteiger partial charge in [-0.15, -0.1) is 11.3 Å². The zero-order valence-corrected chi connectivity index (χ0v) is 12.5. The van der Waals surface area contributed by atoms with Crippen molar-refractivity contribution in [2.45, 2.75) is 19.1 Å². The first-order valence-corrected chi connectivity index (χ1v) is 7.49. The lowest BCUT2D eigenvalue weighted by Crippen LogP contribution is -2.06. The smallest absolute Gasteiger partial charge is 0.123 e. The summed E-state index contributed by atoms with van der Waals surface area (Å²) in [6.45, 7) is 2.06. The second kappa shape index (κ2) is 5.91. The number of thiazole rings is 1. The minimum atomic E-state index is 0.248. The number of rotatable bonds is 5. The van der Waals surface area contributed by atoms with Crippen molar-refractivity contribution in [3.8, 4) is 5.75 Å². The summed E-state index contributed by atoms with van der Waals surface area (Å²) in [5.41, 5.74) is 2.27. The van der Waals surface area contributed by atoms with E-state index in [0.29, 0.717) is 13.2 Å². The molecule has 0 amide bonds. The number of nitrogens with zero attached hydrogens (tertiary/aromatic N) is 1. The minimum Gasteiger partial charge on any atom is -0.492 e. The lowest BCUT2D eigenvalue weighted by Gasteiger charge is -2.03. The van der Waals surface area contributed by atoms with Crippen molar-refractivity contribution < 1.29 is 9.47 Å². The molecule has 1 aromatic carbocycles. The molecule has 1 aliphatic heterocycles. The summed E-state index contributed by atoms with van der Waals surface area (Å²) in [5.74, 6) is 1.23. The minimum absolute atomic E-state index is 0.248. The summed E-state index contributed by atoms with van der Waals surface area (Å²) in [6, 6.07) is 8.21. The monoisotopic (exact) mass is 290 g/mol. The van der Waals surface area contributed by atoms with Crippen LogP contribution in [0.15, 0.2) is 24.3 Å². The van der Waals surface area contributed by atoms with Crippen LogP contribution in [0.1, 0.15) is 27.1 Å². The normalized spacial score (nSPS) is 17.0. The molecule has 0 saturated heterocycles. The van der Waals surface area contributed by atoms with E-state index >= 15 is 0 Å². The maximum Gasteiger partial charge on any atom is 0.123 e. The standard InChI is InChI=1S/C15H18N2O2S/c1-16-7-14-12(9-18-2)17-15(20-14)11-8-19-13-6-4-3-5-10(11)13/h3-6,11,16H,7-9H2,1-2H3. The van der Waals surface area contributed by atoms with Crippen LogP contribution in [0.25, 0.3) is 0 Å². The third kappa shape index (κ3) is 2.44. The molecule has 1 atom stereocenters. The number of ether oxygens (including phenoxy) is 2. The van der Waals surface area contributed by atoms with Crippen molar-refractivity contribution in [3.63, 3.8) is 0 Å². The maximum atomic E-state index is 5.75. The Morgan fingerprint density at radius 2 is 2.30 bits per heavy atom. The Bertz CT molecular complexity index is 574. The second-order valence-corrected chi connectivity index (χ2v) is 5.90. The lowest BCUT2D eigenvalue weighted by atomic mass is 10.0. The Balaban J connectivity index is 1.93. The molecule has 3 rings (SSSR count). The molecule has 1 N–H and O–H groups in total. The number of hydrogen-bond acceptors (Lipinski definition) is 5. The molecule has 4 nitrogen and oxygen atoms in total. The van der Waals surface area contributed by atoms with Gasteiger partial charge in [-0.25, -0.2) is 4.98 Å². The average Bonchev–Trinajstić information content (AvgIpc) is 3.04. The Labute approximate surface area is 122 Å². The molecule has 0 bridgehead atoms. The molecule has 20 heavy (non-hydrogen) atoms. The summed E-state index contributed by atoms with van der Waals surface area (Å²) in [4.78, 5) is 6.02. The summed E-state index contributed by atoms with van der Waals surface area (Å²) in [7, 11) is 3.65. The van der Waals surface area contributed by atoms with Crippen LogP contribution in [-0.4, -0.2) is 25.7 Å². The van der Waals surface area contributed by atoms with Crippen LogP contribution in [0.5, 0.6) is 5.75 Å². The van der Waals surface area contributed by atoms with Gasteiger partial charge in [-0.05, 0) is 13.1 Å². The molecule has 0 saturated carbocycles. The summed E-state index contributed by atoms with van der Waals surface area (Å²) < 4.78 is 11.0. The van der Waals surface area contributed by atoms with Crippen molar-refractivity contribution in [2.75, 3.05) is 20.8 Å². The summed E-state index contributed by atoms with van der Waals surface area (Å²) in [5, 5.41) is 4.31. The molecule has 0 fully saturated rings. The van der Waals surface area contributed by atoms with Crippen LogP contribution >= 0.6 is 11.3 Å². The number of benzene rings is 1. The maximum absolute atomic E-state index is 5.75. The zero-order valence-electron chi connectivity index (χ0n) is 11.7. The Morgan fingerprint density at radius 1 is 1.45 bits per heavy atom. The highest BCUT2D eigenvalue weighted by atomic mass is 32.1. The highest BCUT2D eigenvalue weighted by molar-refractivity contribution is 7.11. The second-order valence-electron chi connectivity index (χ2n) is 4.79.